The van der Waals surface area contributed by atoms with E-state index in [-0.39, 0.29) is 12.3 Å². The van der Waals surface area contributed by atoms with Gasteiger partial charge in [0.25, 0.3) is 0 Å². The molecular weight excluding hydrogens is 260 g/mol. The van der Waals surface area contributed by atoms with Crippen molar-refractivity contribution in [1.29, 1.82) is 0 Å². The molecule has 0 unspecified atom stereocenters. The fourth-order valence-electron chi connectivity index (χ4n) is 1.79. The van der Waals surface area contributed by atoms with Crippen LogP contribution in [0.3, 0.4) is 0 Å². The van der Waals surface area contributed by atoms with Crippen molar-refractivity contribution in [1.82, 2.24) is 0 Å². The molecule has 2 rings (SSSR count). The Bertz CT molecular complexity index is 556. The number of anilines is 1. The van der Waals surface area contributed by atoms with Gasteiger partial charge in [0.05, 0.1) is 6.61 Å². The van der Waals surface area contributed by atoms with Crippen LogP contribution in [-0.4, -0.2) is 12.4 Å². The van der Waals surface area contributed by atoms with Crippen molar-refractivity contribution in [3.8, 4) is 5.75 Å². The lowest BCUT2D eigenvalue weighted by Gasteiger charge is -2.04. The average molecular weight is 277 g/mol. The van der Waals surface area contributed by atoms with Crippen molar-refractivity contribution in [2.24, 2.45) is 0 Å². The van der Waals surface area contributed by atoms with E-state index < -0.39 is 0 Å². The summed E-state index contributed by atoms with van der Waals surface area (Å²) in [5.74, 6) is 0.819. The first-order valence-corrected chi connectivity index (χ1v) is 6.99. The topological polar surface area (TPSA) is 56.2 Å². The molecule has 0 amide bonds. The number of aromatic nitrogens is 1. The van der Waals surface area contributed by atoms with Crippen LogP contribution in [0.2, 0.25) is 0 Å². The highest BCUT2D eigenvalue weighted by atomic mass is 32.1. The van der Waals surface area contributed by atoms with Crippen molar-refractivity contribution < 1.29 is 14.1 Å². The second-order valence-electron chi connectivity index (χ2n) is 4.18. The third kappa shape index (κ3) is 3.12. The van der Waals surface area contributed by atoms with Gasteiger partial charge < -0.3 is 4.74 Å². The molecule has 0 fully saturated rings. The van der Waals surface area contributed by atoms with E-state index >= 15 is 0 Å². The lowest BCUT2D eigenvalue weighted by molar-refractivity contribution is -0.670. The Kier molecular flexibility index (Phi) is 4.16. The molecule has 0 spiro atoms. The van der Waals surface area contributed by atoms with Crippen molar-refractivity contribution in [2.75, 3.05) is 12.3 Å². The van der Waals surface area contributed by atoms with Gasteiger partial charge in [-0.15, -0.1) is 0 Å². The predicted molar refractivity (Wildman–Crippen MR) is 75.6 cm³/mol. The number of hydrogen-bond donors (Lipinski definition) is 1. The lowest BCUT2D eigenvalue weighted by atomic mass is 10.1. The van der Waals surface area contributed by atoms with Crippen LogP contribution in [-0.2, 0) is 6.54 Å². The highest BCUT2D eigenvalue weighted by Gasteiger charge is 2.16. The number of hydrogen-bond acceptors (Lipinski definition) is 4. The molecule has 1 heterocycles. The average Bonchev–Trinajstić information content (AvgIpc) is 2.72. The first-order chi connectivity index (χ1) is 9.11. The summed E-state index contributed by atoms with van der Waals surface area (Å²) >= 11 is 1.45. The zero-order chi connectivity index (χ0) is 13.8. The Morgan fingerprint density at radius 3 is 2.58 bits per heavy atom. The number of nitrogens with two attached hydrogens (primary N) is 1. The Hall–Kier alpha value is -1.88. The summed E-state index contributed by atoms with van der Waals surface area (Å²) in [6.45, 7) is 4.76. The van der Waals surface area contributed by atoms with Gasteiger partial charge in [-0.25, -0.2) is 4.57 Å². The molecule has 0 radical (unpaired) electrons. The summed E-state index contributed by atoms with van der Waals surface area (Å²) in [7, 11) is 0. The summed E-state index contributed by atoms with van der Waals surface area (Å²) < 4.78 is 7.17. The minimum Gasteiger partial charge on any atom is -0.494 e. The van der Waals surface area contributed by atoms with Gasteiger partial charge in [-0.05, 0) is 38.1 Å². The SMILES string of the molecule is CCOc1ccc(C(=O)C[n+]2c(C)csc2N)cc1. The Morgan fingerprint density at radius 1 is 1.37 bits per heavy atom. The number of thiazole rings is 1. The summed E-state index contributed by atoms with van der Waals surface area (Å²) in [6, 6.07) is 7.19. The van der Waals surface area contributed by atoms with Crippen LogP contribution in [0.4, 0.5) is 5.13 Å². The second kappa shape index (κ2) is 5.84. The normalized spacial score (nSPS) is 10.4. The zero-order valence-corrected chi connectivity index (χ0v) is 11.9. The largest absolute Gasteiger partial charge is 0.494 e. The van der Waals surface area contributed by atoms with Gasteiger partial charge in [-0.1, -0.05) is 11.3 Å². The first-order valence-electron chi connectivity index (χ1n) is 6.11. The molecule has 1 aromatic heterocycles. The summed E-state index contributed by atoms with van der Waals surface area (Å²) in [5.41, 5.74) is 7.51. The van der Waals surface area contributed by atoms with E-state index in [4.69, 9.17) is 10.5 Å². The van der Waals surface area contributed by atoms with Crippen LogP contribution in [0.25, 0.3) is 0 Å². The number of ether oxygens (including phenoxy) is 1. The molecule has 5 heteroatoms. The van der Waals surface area contributed by atoms with Gasteiger partial charge in [0.1, 0.15) is 11.4 Å². The van der Waals surface area contributed by atoms with E-state index in [2.05, 4.69) is 0 Å². The molecule has 0 saturated heterocycles. The smallest absolute Gasteiger partial charge is 0.332 e. The van der Waals surface area contributed by atoms with Gasteiger partial charge in [0.2, 0.25) is 5.78 Å². The fraction of sp³-hybridized carbons (Fsp3) is 0.286. The number of ketones is 1. The van der Waals surface area contributed by atoms with E-state index in [1.165, 1.54) is 11.3 Å². The Labute approximate surface area is 116 Å². The number of nitrogen functional groups attached to an aromatic ring is 1. The molecule has 0 bridgehead atoms. The summed E-state index contributed by atoms with van der Waals surface area (Å²) in [4.78, 5) is 12.2. The maximum atomic E-state index is 12.2. The molecule has 2 N–H and O–H groups in total. The Balaban J connectivity index is 2.12. The number of carbonyl (C=O) groups excluding carboxylic acids is 1. The second-order valence-corrected chi connectivity index (χ2v) is 5.07. The molecule has 0 saturated carbocycles. The monoisotopic (exact) mass is 277 g/mol. The zero-order valence-electron chi connectivity index (χ0n) is 11.1. The minimum atomic E-state index is 0.0428. The van der Waals surface area contributed by atoms with Crippen LogP contribution >= 0.6 is 11.3 Å². The molecule has 100 valence electrons. The maximum Gasteiger partial charge on any atom is 0.332 e. The summed E-state index contributed by atoms with van der Waals surface area (Å²) in [6.07, 6.45) is 0. The van der Waals surface area contributed by atoms with Crippen LogP contribution < -0.4 is 15.0 Å². The van der Waals surface area contributed by atoms with E-state index in [1.54, 1.807) is 12.1 Å². The molecule has 19 heavy (non-hydrogen) atoms. The molecule has 0 atom stereocenters. The fourth-order valence-corrected chi connectivity index (χ4v) is 2.54. The van der Waals surface area contributed by atoms with Crippen molar-refractivity contribution in [3.05, 3.63) is 40.9 Å². The van der Waals surface area contributed by atoms with Gasteiger partial charge in [0, 0.05) is 10.9 Å². The van der Waals surface area contributed by atoms with Gasteiger partial charge in [-0.3, -0.25) is 10.5 Å². The third-order valence-electron chi connectivity index (χ3n) is 2.83. The van der Waals surface area contributed by atoms with E-state index in [0.29, 0.717) is 17.3 Å². The summed E-state index contributed by atoms with van der Waals surface area (Å²) in [5, 5.41) is 2.60. The molecule has 0 aliphatic rings. The Morgan fingerprint density at radius 2 is 2.05 bits per heavy atom. The lowest BCUT2D eigenvalue weighted by Crippen LogP contribution is -2.41. The van der Waals surface area contributed by atoms with Crippen LogP contribution in [0.15, 0.2) is 29.6 Å². The van der Waals surface area contributed by atoms with E-state index in [1.807, 2.05) is 35.9 Å². The molecular formula is C14H17N2O2S+. The van der Waals surface area contributed by atoms with Crippen molar-refractivity contribution >= 4 is 22.3 Å². The van der Waals surface area contributed by atoms with Gasteiger partial charge >= 0.3 is 5.13 Å². The molecule has 2 aromatic rings. The molecule has 1 aromatic carbocycles. The van der Waals surface area contributed by atoms with E-state index in [9.17, 15) is 4.79 Å². The standard InChI is InChI=1S/C14H16N2O2S/c1-3-18-12-6-4-11(5-7-12)13(17)8-16-10(2)9-19-14(16)15/h4-7,9,15H,3,8H2,1-2H3/p+1. The predicted octanol–water partition coefficient (Wildman–Crippen LogP) is 2.21. The molecule has 0 aliphatic carbocycles. The maximum absolute atomic E-state index is 12.2. The molecule has 4 nitrogen and oxygen atoms in total. The number of aryl methyl sites for hydroxylation is 1. The van der Waals surface area contributed by atoms with Crippen LogP contribution in [0, 0.1) is 6.92 Å². The minimum absolute atomic E-state index is 0.0428. The number of Topliss-reactive ketones (excluding diaryl/α,β-unsaturated/α-hetero) is 1. The van der Waals surface area contributed by atoms with Gasteiger partial charge in [-0.2, -0.15) is 0 Å². The quantitative estimate of drug-likeness (QED) is 0.673. The van der Waals surface area contributed by atoms with Crippen LogP contribution in [0.1, 0.15) is 23.0 Å². The number of carbonyl (C=O) groups is 1. The van der Waals surface area contributed by atoms with Gasteiger partial charge in [0.15, 0.2) is 6.54 Å². The van der Waals surface area contributed by atoms with Crippen molar-refractivity contribution in [3.63, 3.8) is 0 Å². The first kappa shape index (κ1) is 13.5. The van der Waals surface area contributed by atoms with E-state index in [0.717, 1.165) is 11.4 Å². The van der Waals surface area contributed by atoms with Crippen molar-refractivity contribution in [2.45, 2.75) is 20.4 Å². The number of benzene rings is 1. The number of nitrogens with zero attached hydrogens (tertiary/aromatic N) is 1. The number of rotatable bonds is 5. The molecule has 0 aliphatic heterocycles. The highest BCUT2D eigenvalue weighted by Crippen LogP contribution is 2.13. The third-order valence-corrected chi connectivity index (χ3v) is 3.75. The van der Waals surface area contributed by atoms with Crippen LogP contribution in [0.5, 0.6) is 5.75 Å². The highest BCUT2D eigenvalue weighted by molar-refractivity contribution is 7.13.